The molecule has 0 saturated heterocycles. The van der Waals surface area contributed by atoms with Gasteiger partial charge in [-0.05, 0) is 79.5 Å². The quantitative estimate of drug-likeness (QED) is 0.188. The van der Waals surface area contributed by atoms with Gasteiger partial charge in [0.25, 0.3) is 5.56 Å². The molecule has 4 rings (SSSR count). The van der Waals surface area contributed by atoms with E-state index in [0.29, 0.717) is 37.4 Å². The SMILES string of the molecule is Nc1c(C(=O)c2ccc(F)cc2)ccc(=O)n1-c1ccc(OCCCN[C@@H](Cc2ccccc2)C(=O)O)cc1. The summed E-state index contributed by atoms with van der Waals surface area (Å²) in [5.41, 5.74) is 7.58. The van der Waals surface area contributed by atoms with Crippen molar-refractivity contribution >= 4 is 17.6 Å². The number of rotatable bonds is 12. The average Bonchev–Trinajstić information content (AvgIpc) is 2.93. The minimum absolute atomic E-state index is 0.0277. The van der Waals surface area contributed by atoms with Crippen molar-refractivity contribution in [2.45, 2.75) is 18.9 Å². The van der Waals surface area contributed by atoms with E-state index in [9.17, 15) is 23.9 Å². The van der Waals surface area contributed by atoms with Crippen molar-refractivity contribution in [3.63, 3.8) is 0 Å². The fourth-order valence-corrected chi connectivity index (χ4v) is 4.10. The van der Waals surface area contributed by atoms with Crippen LogP contribution in [0.2, 0.25) is 0 Å². The van der Waals surface area contributed by atoms with Crippen molar-refractivity contribution in [1.29, 1.82) is 0 Å². The van der Waals surface area contributed by atoms with Gasteiger partial charge in [-0.15, -0.1) is 0 Å². The maximum atomic E-state index is 13.2. The fraction of sp³-hybridized carbons (Fsp3) is 0.167. The monoisotopic (exact) mass is 529 g/mol. The lowest BCUT2D eigenvalue weighted by atomic mass is 10.0. The maximum absolute atomic E-state index is 13.2. The Balaban J connectivity index is 1.35. The van der Waals surface area contributed by atoms with E-state index in [1.165, 1.54) is 41.0 Å². The lowest BCUT2D eigenvalue weighted by Crippen LogP contribution is -2.39. The van der Waals surface area contributed by atoms with Crippen molar-refractivity contribution in [3.8, 4) is 11.4 Å². The minimum Gasteiger partial charge on any atom is -0.494 e. The van der Waals surface area contributed by atoms with Gasteiger partial charge in [0.2, 0.25) is 0 Å². The molecule has 0 spiro atoms. The summed E-state index contributed by atoms with van der Waals surface area (Å²) in [4.78, 5) is 37.0. The number of halogens is 1. The number of carbonyl (C=O) groups excluding carboxylic acids is 1. The predicted molar refractivity (Wildman–Crippen MR) is 146 cm³/mol. The first-order valence-electron chi connectivity index (χ1n) is 12.4. The molecule has 0 fully saturated rings. The normalized spacial score (nSPS) is 11.6. The summed E-state index contributed by atoms with van der Waals surface area (Å²) in [6.45, 7) is 0.816. The molecule has 8 nitrogen and oxygen atoms in total. The van der Waals surface area contributed by atoms with Gasteiger partial charge in [-0.1, -0.05) is 30.3 Å². The van der Waals surface area contributed by atoms with Crippen molar-refractivity contribution in [2.75, 3.05) is 18.9 Å². The zero-order valence-electron chi connectivity index (χ0n) is 21.0. The predicted octanol–water partition coefficient (Wildman–Crippen LogP) is 3.84. The van der Waals surface area contributed by atoms with Crippen molar-refractivity contribution in [2.24, 2.45) is 0 Å². The number of nitrogens with one attached hydrogen (secondary N) is 1. The molecule has 0 aliphatic carbocycles. The molecule has 3 aromatic carbocycles. The van der Waals surface area contributed by atoms with Crippen molar-refractivity contribution in [1.82, 2.24) is 9.88 Å². The lowest BCUT2D eigenvalue weighted by molar-refractivity contribution is -0.139. The van der Waals surface area contributed by atoms with Crippen LogP contribution in [0.3, 0.4) is 0 Å². The molecule has 0 aliphatic rings. The van der Waals surface area contributed by atoms with Gasteiger partial charge in [0.1, 0.15) is 23.4 Å². The number of aromatic nitrogens is 1. The van der Waals surface area contributed by atoms with E-state index < -0.39 is 29.2 Å². The van der Waals surface area contributed by atoms with Crippen molar-refractivity contribution in [3.05, 3.63) is 124 Å². The topological polar surface area (TPSA) is 124 Å². The average molecular weight is 530 g/mol. The van der Waals surface area contributed by atoms with Gasteiger partial charge in [0.15, 0.2) is 5.78 Å². The fourth-order valence-electron chi connectivity index (χ4n) is 4.10. The molecule has 1 heterocycles. The summed E-state index contributed by atoms with van der Waals surface area (Å²) in [7, 11) is 0. The highest BCUT2D eigenvalue weighted by atomic mass is 19.1. The second-order valence-electron chi connectivity index (χ2n) is 8.87. The van der Waals surface area contributed by atoms with Crippen LogP contribution in [-0.2, 0) is 11.2 Å². The Labute approximate surface area is 224 Å². The van der Waals surface area contributed by atoms with E-state index in [-0.39, 0.29) is 16.9 Å². The molecule has 9 heteroatoms. The number of pyridine rings is 1. The minimum atomic E-state index is -0.909. The van der Waals surface area contributed by atoms with Crippen LogP contribution in [0, 0.1) is 5.82 Å². The smallest absolute Gasteiger partial charge is 0.321 e. The number of ether oxygens (including phenoxy) is 1. The Morgan fingerprint density at radius 3 is 2.31 bits per heavy atom. The van der Waals surface area contributed by atoms with Crippen molar-refractivity contribution < 1.29 is 23.8 Å². The number of anilines is 1. The Morgan fingerprint density at radius 1 is 0.949 bits per heavy atom. The number of hydrogen-bond donors (Lipinski definition) is 3. The van der Waals surface area contributed by atoms with E-state index in [4.69, 9.17) is 10.5 Å². The second-order valence-corrected chi connectivity index (χ2v) is 8.87. The number of benzene rings is 3. The Kier molecular flexibility index (Phi) is 8.86. The number of ketones is 1. The molecule has 4 aromatic rings. The number of nitrogens with zero attached hydrogens (tertiary/aromatic N) is 1. The van der Waals surface area contributed by atoms with Crippen LogP contribution in [0.4, 0.5) is 10.2 Å². The zero-order valence-corrected chi connectivity index (χ0v) is 21.0. The molecular formula is C30H28FN3O5. The highest BCUT2D eigenvalue weighted by Crippen LogP contribution is 2.21. The molecule has 0 bridgehead atoms. The molecule has 1 aromatic heterocycles. The van der Waals surface area contributed by atoms with E-state index in [1.807, 2.05) is 30.3 Å². The van der Waals surface area contributed by atoms with Gasteiger partial charge >= 0.3 is 5.97 Å². The Bertz CT molecular complexity index is 1490. The van der Waals surface area contributed by atoms with Crippen LogP contribution >= 0.6 is 0 Å². The third-order valence-electron chi connectivity index (χ3n) is 6.14. The van der Waals surface area contributed by atoms with Crippen LogP contribution in [0.1, 0.15) is 27.9 Å². The van der Waals surface area contributed by atoms with Crippen LogP contribution in [-0.4, -0.2) is 40.6 Å². The Morgan fingerprint density at radius 2 is 1.64 bits per heavy atom. The number of carboxylic acid groups (broad SMARTS) is 1. The van der Waals surface area contributed by atoms with Gasteiger partial charge in [-0.2, -0.15) is 0 Å². The molecular weight excluding hydrogens is 501 g/mol. The number of nitrogen functional groups attached to an aromatic ring is 1. The first kappa shape index (κ1) is 27.3. The number of aliphatic carboxylic acids is 1. The van der Waals surface area contributed by atoms with Crippen LogP contribution in [0.15, 0.2) is 95.8 Å². The summed E-state index contributed by atoms with van der Waals surface area (Å²) in [5.74, 6) is -1.27. The van der Waals surface area contributed by atoms with E-state index in [0.717, 1.165) is 5.56 Å². The molecule has 200 valence electrons. The molecule has 0 unspecified atom stereocenters. The van der Waals surface area contributed by atoms with Gasteiger partial charge in [-0.25, -0.2) is 4.39 Å². The number of carboxylic acids is 1. The number of hydrogen-bond acceptors (Lipinski definition) is 6. The molecule has 0 aliphatic heterocycles. The largest absolute Gasteiger partial charge is 0.494 e. The molecule has 0 amide bonds. The standard InChI is InChI=1S/C30H28FN3O5/c31-22-9-7-21(8-10-22)28(36)25-15-16-27(35)34(29(25)32)23-11-13-24(14-12-23)39-18-4-17-33-26(30(37)38)19-20-5-2-1-3-6-20/h1-3,5-16,26,33H,4,17-19,32H2,(H,37,38)/t26-/m0/s1. The van der Waals surface area contributed by atoms with Gasteiger partial charge in [0.05, 0.1) is 17.9 Å². The molecule has 1 atom stereocenters. The summed E-state index contributed by atoms with van der Waals surface area (Å²) >= 11 is 0. The van der Waals surface area contributed by atoms with E-state index >= 15 is 0 Å². The summed E-state index contributed by atoms with van der Waals surface area (Å²) < 4.78 is 20.2. The summed E-state index contributed by atoms with van der Waals surface area (Å²) in [6.07, 6.45) is 0.970. The van der Waals surface area contributed by atoms with Gasteiger partial charge in [-0.3, -0.25) is 19.0 Å². The van der Waals surface area contributed by atoms with Gasteiger partial charge in [0, 0.05) is 11.6 Å². The van der Waals surface area contributed by atoms with Crippen LogP contribution < -0.4 is 21.3 Å². The number of carbonyl (C=O) groups is 2. The number of nitrogens with two attached hydrogens (primary N) is 1. The second kappa shape index (κ2) is 12.7. The first-order valence-corrected chi connectivity index (χ1v) is 12.4. The molecule has 39 heavy (non-hydrogen) atoms. The van der Waals surface area contributed by atoms with Crippen LogP contribution in [0.25, 0.3) is 5.69 Å². The highest BCUT2D eigenvalue weighted by molar-refractivity contribution is 6.11. The van der Waals surface area contributed by atoms with Crippen LogP contribution in [0.5, 0.6) is 5.75 Å². The lowest BCUT2D eigenvalue weighted by Gasteiger charge is -2.15. The molecule has 0 saturated carbocycles. The zero-order chi connectivity index (χ0) is 27.8. The van der Waals surface area contributed by atoms with E-state index in [1.54, 1.807) is 24.3 Å². The first-order chi connectivity index (χ1) is 18.8. The maximum Gasteiger partial charge on any atom is 0.321 e. The van der Waals surface area contributed by atoms with E-state index in [2.05, 4.69) is 5.32 Å². The Hall–Kier alpha value is -4.76. The summed E-state index contributed by atoms with van der Waals surface area (Å²) in [5, 5.41) is 12.5. The molecule has 4 N–H and O–H groups in total. The highest BCUT2D eigenvalue weighted by Gasteiger charge is 2.18. The third kappa shape index (κ3) is 6.97. The van der Waals surface area contributed by atoms with Gasteiger partial charge < -0.3 is 20.9 Å². The summed E-state index contributed by atoms with van der Waals surface area (Å²) in [6, 6.07) is 23.1. The third-order valence-corrected chi connectivity index (χ3v) is 6.14. The molecule has 0 radical (unpaired) electrons.